The topological polar surface area (TPSA) is 98.2 Å². The molecule has 2 unspecified atom stereocenters. The largest absolute Gasteiger partial charge is 0.507 e. The van der Waals surface area contributed by atoms with Gasteiger partial charge in [0.15, 0.2) is 11.5 Å². The third kappa shape index (κ3) is 5.19. The summed E-state index contributed by atoms with van der Waals surface area (Å²) in [6, 6.07) is 13.5. The van der Waals surface area contributed by atoms with E-state index >= 15 is 0 Å². The van der Waals surface area contributed by atoms with Gasteiger partial charge < -0.3 is 24.2 Å². The number of carbonyl (C=O) groups is 2. The Morgan fingerprint density at radius 3 is 2.74 bits per heavy atom. The minimum atomic E-state index is -0.841. The van der Waals surface area contributed by atoms with Crippen LogP contribution in [0.25, 0.3) is 5.76 Å². The lowest BCUT2D eigenvalue weighted by Crippen LogP contribution is -2.29. The molecule has 5 rings (SSSR count). The number of unbranched alkanes of at least 4 members (excludes halogenated alkanes) is 1. The van der Waals surface area contributed by atoms with Gasteiger partial charge in [-0.25, -0.2) is 0 Å². The van der Waals surface area contributed by atoms with Crippen LogP contribution in [0.1, 0.15) is 55.0 Å². The molecular formula is C31H32N2O6. The van der Waals surface area contributed by atoms with Gasteiger partial charge in [0.1, 0.15) is 17.6 Å². The number of rotatable bonds is 9. The molecule has 3 heterocycles. The molecule has 202 valence electrons. The predicted octanol–water partition coefficient (Wildman–Crippen LogP) is 5.21. The van der Waals surface area contributed by atoms with E-state index in [2.05, 4.69) is 11.9 Å². The zero-order chi connectivity index (χ0) is 27.5. The number of amides is 1. The first-order valence-corrected chi connectivity index (χ1v) is 13.2. The molecule has 0 radical (unpaired) electrons. The smallest absolute Gasteiger partial charge is 0.295 e. The highest BCUT2D eigenvalue weighted by molar-refractivity contribution is 6.46. The molecule has 1 amide bonds. The van der Waals surface area contributed by atoms with Crippen LogP contribution in [-0.2, 0) is 22.6 Å². The van der Waals surface area contributed by atoms with Gasteiger partial charge in [0, 0.05) is 30.9 Å². The molecule has 1 saturated heterocycles. The summed E-state index contributed by atoms with van der Waals surface area (Å²) in [6.07, 6.45) is 5.94. The molecule has 2 aliphatic heterocycles. The van der Waals surface area contributed by atoms with Gasteiger partial charge in [0.05, 0.1) is 25.3 Å². The summed E-state index contributed by atoms with van der Waals surface area (Å²) in [5.41, 5.74) is 2.82. The maximum absolute atomic E-state index is 13.5. The molecule has 8 heteroatoms. The number of Topliss-reactive ketones (excluding diaryl/α,β-unsaturated/α-hetero) is 1. The Morgan fingerprint density at radius 2 is 2.00 bits per heavy atom. The van der Waals surface area contributed by atoms with Gasteiger partial charge in [-0.05, 0) is 66.4 Å². The average Bonchev–Trinajstić information content (AvgIpc) is 3.44. The molecule has 0 spiro atoms. The number of ketones is 1. The van der Waals surface area contributed by atoms with Crippen molar-refractivity contribution in [3.8, 4) is 17.2 Å². The van der Waals surface area contributed by atoms with E-state index in [9.17, 15) is 14.7 Å². The highest BCUT2D eigenvalue weighted by atomic mass is 16.5. The number of likely N-dealkylation sites (tertiary alicyclic amines) is 1. The van der Waals surface area contributed by atoms with Gasteiger partial charge >= 0.3 is 0 Å². The fourth-order valence-corrected chi connectivity index (χ4v) is 5.10. The number of pyridine rings is 1. The predicted molar refractivity (Wildman–Crippen MR) is 146 cm³/mol. The molecule has 8 nitrogen and oxygen atoms in total. The number of nitrogens with zero attached hydrogens (tertiary/aromatic N) is 2. The Bertz CT molecular complexity index is 1420. The second-order valence-corrected chi connectivity index (χ2v) is 9.86. The first-order valence-electron chi connectivity index (χ1n) is 13.2. The van der Waals surface area contributed by atoms with E-state index in [1.54, 1.807) is 49.8 Å². The highest BCUT2D eigenvalue weighted by Crippen LogP contribution is 2.43. The number of methoxy groups -OCH3 is 1. The van der Waals surface area contributed by atoms with Crippen molar-refractivity contribution >= 4 is 17.4 Å². The Labute approximate surface area is 227 Å². The standard InChI is InChI=1S/C31H32N2O6/c1-4-5-13-38-25-11-8-21(16-26(25)37-3)28-27(29(34)22-9-10-24-23(15-22)14-19(2)39-24)30(35)31(36)33(28)18-20-7-6-12-32-17-20/h6-12,15-17,19,28,34H,4-5,13-14,18H2,1-3H3/b29-27-. The lowest BCUT2D eigenvalue weighted by atomic mass is 9.94. The van der Waals surface area contributed by atoms with Crippen molar-refractivity contribution < 1.29 is 28.9 Å². The first kappa shape index (κ1) is 26.3. The average molecular weight is 529 g/mol. The molecule has 0 saturated carbocycles. The van der Waals surface area contributed by atoms with Crippen LogP contribution in [0.4, 0.5) is 0 Å². The van der Waals surface area contributed by atoms with E-state index in [1.807, 2.05) is 25.1 Å². The van der Waals surface area contributed by atoms with Crippen molar-refractivity contribution in [2.45, 2.75) is 51.8 Å². The van der Waals surface area contributed by atoms with Crippen LogP contribution in [-0.4, -0.2) is 46.5 Å². The van der Waals surface area contributed by atoms with Crippen molar-refractivity contribution in [2.24, 2.45) is 0 Å². The number of hydrogen-bond acceptors (Lipinski definition) is 7. The first-order chi connectivity index (χ1) is 18.9. The van der Waals surface area contributed by atoms with Gasteiger partial charge in [-0.15, -0.1) is 0 Å². The normalized spacial score (nSPS) is 19.6. The van der Waals surface area contributed by atoms with Gasteiger partial charge in [0.25, 0.3) is 11.7 Å². The summed E-state index contributed by atoms with van der Waals surface area (Å²) < 4.78 is 17.3. The maximum Gasteiger partial charge on any atom is 0.295 e. The van der Waals surface area contributed by atoms with Crippen LogP contribution in [0.15, 0.2) is 66.5 Å². The Balaban J connectivity index is 1.60. The third-order valence-corrected chi connectivity index (χ3v) is 7.04. The Hall–Kier alpha value is -4.33. The van der Waals surface area contributed by atoms with E-state index in [0.717, 1.165) is 29.7 Å². The molecule has 39 heavy (non-hydrogen) atoms. The van der Waals surface area contributed by atoms with Gasteiger partial charge in [-0.1, -0.05) is 25.5 Å². The Kier molecular flexibility index (Phi) is 7.54. The van der Waals surface area contributed by atoms with Crippen LogP contribution < -0.4 is 14.2 Å². The summed E-state index contributed by atoms with van der Waals surface area (Å²) in [7, 11) is 1.55. The van der Waals surface area contributed by atoms with Crippen LogP contribution >= 0.6 is 0 Å². The number of benzene rings is 2. The summed E-state index contributed by atoms with van der Waals surface area (Å²) in [4.78, 5) is 32.5. The van der Waals surface area contributed by atoms with Crippen molar-refractivity contribution in [2.75, 3.05) is 13.7 Å². The number of hydrogen-bond donors (Lipinski definition) is 1. The zero-order valence-electron chi connectivity index (χ0n) is 22.3. The lowest BCUT2D eigenvalue weighted by molar-refractivity contribution is -0.140. The highest BCUT2D eigenvalue weighted by Gasteiger charge is 2.46. The van der Waals surface area contributed by atoms with Crippen LogP contribution in [0.3, 0.4) is 0 Å². The minimum Gasteiger partial charge on any atom is -0.507 e. The lowest BCUT2D eigenvalue weighted by Gasteiger charge is -2.26. The van der Waals surface area contributed by atoms with E-state index in [-0.39, 0.29) is 24.0 Å². The van der Waals surface area contributed by atoms with E-state index < -0.39 is 17.7 Å². The Morgan fingerprint density at radius 1 is 1.15 bits per heavy atom. The number of fused-ring (bicyclic) bond motifs is 1. The second-order valence-electron chi connectivity index (χ2n) is 9.86. The van der Waals surface area contributed by atoms with Gasteiger partial charge in [0.2, 0.25) is 0 Å². The molecule has 2 aliphatic rings. The summed E-state index contributed by atoms with van der Waals surface area (Å²) in [5.74, 6) is 0.165. The molecule has 2 atom stereocenters. The number of aromatic nitrogens is 1. The van der Waals surface area contributed by atoms with E-state index in [4.69, 9.17) is 14.2 Å². The summed E-state index contributed by atoms with van der Waals surface area (Å²) in [5, 5.41) is 11.5. The number of aliphatic hydroxyl groups excluding tert-OH is 1. The van der Waals surface area contributed by atoms with Gasteiger partial charge in [-0.2, -0.15) is 0 Å². The minimum absolute atomic E-state index is 0.0255. The van der Waals surface area contributed by atoms with Crippen LogP contribution in [0.5, 0.6) is 17.2 Å². The second kappa shape index (κ2) is 11.2. The molecule has 2 aromatic carbocycles. The molecule has 1 N–H and O–H groups in total. The summed E-state index contributed by atoms with van der Waals surface area (Å²) in [6.45, 7) is 4.76. The number of ether oxygens (including phenoxy) is 3. The van der Waals surface area contributed by atoms with Crippen LogP contribution in [0.2, 0.25) is 0 Å². The maximum atomic E-state index is 13.5. The van der Waals surface area contributed by atoms with Crippen molar-refractivity contribution in [1.82, 2.24) is 9.88 Å². The van der Waals surface area contributed by atoms with Crippen molar-refractivity contribution in [1.29, 1.82) is 0 Å². The quantitative estimate of drug-likeness (QED) is 0.176. The van der Waals surface area contributed by atoms with Gasteiger partial charge in [-0.3, -0.25) is 14.6 Å². The van der Waals surface area contributed by atoms with Crippen LogP contribution in [0, 0.1) is 0 Å². The molecular weight excluding hydrogens is 496 g/mol. The molecule has 1 fully saturated rings. The number of carbonyl (C=O) groups excluding carboxylic acids is 2. The molecule has 3 aromatic rings. The fourth-order valence-electron chi connectivity index (χ4n) is 5.10. The fraction of sp³-hybridized carbons (Fsp3) is 0.323. The molecule has 1 aromatic heterocycles. The monoisotopic (exact) mass is 528 g/mol. The van der Waals surface area contributed by atoms with E-state index in [1.165, 1.54) is 4.90 Å². The molecule has 0 bridgehead atoms. The van der Waals surface area contributed by atoms with Crippen molar-refractivity contribution in [3.05, 3.63) is 88.8 Å². The SMILES string of the molecule is CCCCOc1ccc(C2/C(=C(/O)c3ccc4c(c3)CC(C)O4)C(=O)C(=O)N2Cc2cccnc2)cc1OC. The van der Waals surface area contributed by atoms with Crippen molar-refractivity contribution in [3.63, 3.8) is 0 Å². The molecule has 0 aliphatic carbocycles. The third-order valence-electron chi connectivity index (χ3n) is 7.04. The van der Waals surface area contributed by atoms with E-state index in [0.29, 0.717) is 35.7 Å². The summed E-state index contributed by atoms with van der Waals surface area (Å²) >= 11 is 0. The number of aliphatic hydroxyl groups is 1. The zero-order valence-corrected chi connectivity index (χ0v) is 22.3.